The first kappa shape index (κ1) is 20.5. The molecule has 0 saturated heterocycles. The van der Waals surface area contributed by atoms with Gasteiger partial charge in [-0.3, -0.25) is 4.79 Å². The molecule has 3 N–H and O–H groups in total. The van der Waals surface area contributed by atoms with Crippen LogP contribution in [0.2, 0.25) is 0 Å². The standard InChI is InChI=1S/C21H19F2N5O3/c1-19(2)10-20(21(22,23)11-30-18(25)28-20)14-7-13(4-6-16(14)31-19)27-17(29)15-5-3-12(8-24)9-26-15/h3-7,9H,10-11H2,1-2H3,(H2,25,28)(H,27,29)/t20-/m1/s1. The number of anilines is 1. The Labute approximate surface area is 176 Å². The lowest BCUT2D eigenvalue weighted by Gasteiger charge is -2.48. The van der Waals surface area contributed by atoms with Crippen molar-refractivity contribution in [3.8, 4) is 11.8 Å². The molecule has 31 heavy (non-hydrogen) atoms. The van der Waals surface area contributed by atoms with Gasteiger partial charge in [-0.25, -0.2) is 9.98 Å². The van der Waals surface area contributed by atoms with Crippen LogP contribution in [0.15, 0.2) is 41.5 Å². The molecule has 1 aromatic carbocycles. The highest BCUT2D eigenvalue weighted by Gasteiger charge is 2.63. The van der Waals surface area contributed by atoms with E-state index in [9.17, 15) is 4.79 Å². The van der Waals surface area contributed by atoms with Gasteiger partial charge in [-0.1, -0.05) is 0 Å². The highest BCUT2D eigenvalue weighted by molar-refractivity contribution is 6.03. The number of nitrogens with zero attached hydrogens (tertiary/aromatic N) is 3. The van der Waals surface area contributed by atoms with Crippen LogP contribution in [0.3, 0.4) is 0 Å². The number of benzene rings is 1. The van der Waals surface area contributed by atoms with Gasteiger partial charge in [0.05, 0.1) is 5.56 Å². The topological polar surface area (TPSA) is 123 Å². The summed E-state index contributed by atoms with van der Waals surface area (Å²) in [7, 11) is 0. The second-order valence-corrected chi connectivity index (χ2v) is 8.05. The monoisotopic (exact) mass is 427 g/mol. The molecule has 3 heterocycles. The van der Waals surface area contributed by atoms with Gasteiger partial charge in [-0.05, 0) is 44.2 Å². The van der Waals surface area contributed by atoms with E-state index in [1.54, 1.807) is 19.9 Å². The summed E-state index contributed by atoms with van der Waals surface area (Å²) < 4.78 is 41.1. The minimum Gasteiger partial charge on any atom is -0.487 e. The van der Waals surface area contributed by atoms with Gasteiger partial charge in [0, 0.05) is 23.9 Å². The Balaban J connectivity index is 1.75. The number of fused-ring (bicyclic) bond motifs is 2. The second-order valence-electron chi connectivity index (χ2n) is 8.05. The predicted molar refractivity (Wildman–Crippen MR) is 107 cm³/mol. The third kappa shape index (κ3) is 3.52. The lowest BCUT2D eigenvalue weighted by Crippen LogP contribution is -2.58. The molecule has 0 saturated carbocycles. The van der Waals surface area contributed by atoms with Crippen molar-refractivity contribution in [3.05, 3.63) is 53.3 Å². The van der Waals surface area contributed by atoms with Crippen molar-refractivity contribution >= 4 is 17.6 Å². The van der Waals surface area contributed by atoms with Crippen LogP contribution in [-0.2, 0) is 10.3 Å². The summed E-state index contributed by atoms with van der Waals surface area (Å²) in [6.45, 7) is 2.48. The average molecular weight is 427 g/mol. The fraction of sp³-hybridized carbons (Fsp3) is 0.333. The summed E-state index contributed by atoms with van der Waals surface area (Å²) in [6, 6.07) is 8.90. The molecular weight excluding hydrogens is 408 g/mol. The second kappa shape index (κ2) is 6.91. The van der Waals surface area contributed by atoms with E-state index in [4.69, 9.17) is 20.5 Å². The van der Waals surface area contributed by atoms with Gasteiger partial charge in [0.25, 0.3) is 11.9 Å². The molecular formula is C21H19F2N5O3. The zero-order chi connectivity index (χ0) is 22.4. The number of carbonyl (C=O) groups excluding carboxylic acids is 1. The van der Waals surface area contributed by atoms with Gasteiger partial charge in [0.1, 0.15) is 23.1 Å². The molecule has 1 spiro atoms. The van der Waals surface area contributed by atoms with Crippen molar-refractivity contribution in [2.75, 3.05) is 11.9 Å². The Hall–Kier alpha value is -3.74. The van der Waals surface area contributed by atoms with Crippen LogP contribution >= 0.6 is 0 Å². The van der Waals surface area contributed by atoms with Gasteiger partial charge in [-0.2, -0.15) is 14.0 Å². The number of amidine groups is 1. The summed E-state index contributed by atoms with van der Waals surface area (Å²) in [5.74, 6) is -3.69. The van der Waals surface area contributed by atoms with Gasteiger partial charge in [-0.15, -0.1) is 0 Å². The number of alkyl halides is 2. The van der Waals surface area contributed by atoms with E-state index >= 15 is 8.78 Å². The maximum absolute atomic E-state index is 15.2. The fourth-order valence-electron chi connectivity index (χ4n) is 3.87. The van der Waals surface area contributed by atoms with Crippen molar-refractivity contribution in [1.29, 1.82) is 5.26 Å². The number of nitrogens with two attached hydrogens (primary N) is 1. The number of halogens is 2. The third-order valence-electron chi connectivity index (χ3n) is 5.18. The highest BCUT2D eigenvalue weighted by Crippen LogP contribution is 2.55. The molecule has 1 aromatic heterocycles. The van der Waals surface area contributed by atoms with Gasteiger partial charge < -0.3 is 20.5 Å². The Morgan fingerprint density at radius 1 is 1.29 bits per heavy atom. The van der Waals surface area contributed by atoms with Crippen LogP contribution in [-0.4, -0.2) is 35.0 Å². The smallest absolute Gasteiger partial charge is 0.310 e. The zero-order valence-corrected chi connectivity index (χ0v) is 16.8. The number of amides is 1. The summed E-state index contributed by atoms with van der Waals surface area (Å²) in [4.78, 5) is 20.5. The third-order valence-corrected chi connectivity index (χ3v) is 5.18. The fourth-order valence-corrected chi connectivity index (χ4v) is 3.87. The van der Waals surface area contributed by atoms with Gasteiger partial charge >= 0.3 is 5.92 Å². The number of aromatic nitrogens is 1. The van der Waals surface area contributed by atoms with E-state index < -0.39 is 29.6 Å². The Bertz CT molecular complexity index is 1120. The normalized spacial score (nSPS) is 22.9. The molecule has 2 aliphatic heterocycles. The van der Waals surface area contributed by atoms with Crippen LogP contribution in [0.4, 0.5) is 14.5 Å². The lowest BCUT2D eigenvalue weighted by atomic mass is 9.73. The molecule has 1 amide bonds. The summed E-state index contributed by atoms with van der Waals surface area (Å²) in [5, 5.41) is 11.5. The first-order valence-corrected chi connectivity index (χ1v) is 9.42. The molecule has 0 fully saturated rings. The van der Waals surface area contributed by atoms with Gasteiger partial charge in [0.15, 0.2) is 12.1 Å². The molecule has 0 aliphatic carbocycles. The largest absolute Gasteiger partial charge is 0.487 e. The summed E-state index contributed by atoms with van der Waals surface area (Å²) in [5.41, 5.74) is 3.49. The average Bonchev–Trinajstić information content (AvgIpc) is 2.71. The molecule has 4 rings (SSSR count). The number of nitrogens with one attached hydrogen (secondary N) is 1. The maximum atomic E-state index is 15.2. The molecule has 0 radical (unpaired) electrons. The van der Waals surface area contributed by atoms with E-state index in [2.05, 4.69) is 15.3 Å². The number of carbonyl (C=O) groups is 1. The summed E-state index contributed by atoms with van der Waals surface area (Å²) in [6.07, 6.45) is 1.13. The van der Waals surface area contributed by atoms with Crippen molar-refractivity contribution in [2.24, 2.45) is 10.7 Å². The number of pyridine rings is 1. The SMILES string of the molecule is CC1(C)C[C@@]2(N=C(N)OCC2(F)F)c2cc(NC(=O)c3ccc(C#N)cn3)ccc2O1. The van der Waals surface area contributed by atoms with E-state index in [0.717, 1.165) is 0 Å². The molecule has 0 unspecified atom stereocenters. The molecule has 1 atom stereocenters. The first-order chi connectivity index (χ1) is 14.6. The molecule has 8 nitrogen and oxygen atoms in total. The quantitative estimate of drug-likeness (QED) is 0.760. The van der Waals surface area contributed by atoms with Crippen molar-refractivity contribution in [3.63, 3.8) is 0 Å². The number of hydrogen-bond donors (Lipinski definition) is 2. The van der Waals surface area contributed by atoms with E-state index in [1.165, 1.54) is 30.5 Å². The van der Waals surface area contributed by atoms with E-state index in [0.29, 0.717) is 5.56 Å². The highest BCUT2D eigenvalue weighted by atomic mass is 19.3. The minimum atomic E-state index is -3.36. The number of ether oxygens (including phenoxy) is 2. The number of aliphatic imine (C=N–C) groups is 1. The maximum Gasteiger partial charge on any atom is 0.310 e. The molecule has 10 heteroatoms. The van der Waals surface area contributed by atoms with Crippen molar-refractivity contribution in [1.82, 2.24) is 4.98 Å². The molecule has 2 aromatic rings. The number of hydrogen-bond acceptors (Lipinski definition) is 7. The lowest BCUT2D eigenvalue weighted by molar-refractivity contribution is -0.148. The van der Waals surface area contributed by atoms with Crippen LogP contribution < -0.4 is 15.8 Å². The molecule has 0 bridgehead atoms. The predicted octanol–water partition coefficient (Wildman–Crippen LogP) is 2.94. The van der Waals surface area contributed by atoms with Crippen LogP contribution in [0, 0.1) is 11.3 Å². The number of rotatable bonds is 2. The van der Waals surface area contributed by atoms with Crippen LogP contribution in [0.1, 0.15) is 41.9 Å². The van der Waals surface area contributed by atoms with E-state index in [1.807, 2.05) is 6.07 Å². The van der Waals surface area contributed by atoms with Crippen molar-refractivity contribution < 1.29 is 23.0 Å². The Morgan fingerprint density at radius 3 is 2.74 bits per heavy atom. The summed E-state index contributed by atoms with van der Waals surface area (Å²) >= 11 is 0. The van der Waals surface area contributed by atoms with Gasteiger partial charge in [0.2, 0.25) is 0 Å². The van der Waals surface area contributed by atoms with E-state index in [-0.39, 0.29) is 35.1 Å². The Morgan fingerprint density at radius 2 is 2.06 bits per heavy atom. The van der Waals surface area contributed by atoms with Crippen molar-refractivity contribution in [2.45, 2.75) is 37.3 Å². The van der Waals surface area contributed by atoms with Crippen LogP contribution in [0.25, 0.3) is 0 Å². The minimum absolute atomic E-state index is 0.0717. The number of nitriles is 1. The van der Waals surface area contributed by atoms with Crippen LogP contribution in [0.5, 0.6) is 5.75 Å². The zero-order valence-electron chi connectivity index (χ0n) is 16.8. The molecule has 2 aliphatic rings. The molecule has 160 valence electrons. The Kier molecular flexibility index (Phi) is 4.57. The first-order valence-electron chi connectivity index (χ1n) is 9.42.